The van der Waals surface area contributed by atoms with Crippen LogP contribution in [0.2, 0.25) is 0 Å². The molecule has 20 heavy (non-hydrogen) atoms. The quantitative estimate of drug-likeness (QED) is 0.842. The third kappa shape index (κ3) is 2.73. The lowest BCUT2D eigenvalue weighted by Crippen LogP contribution is -2.48. The molecule has 0 saturated heterocycles. The van der Waals surface area contributed by atoms with Crippen LogP contribution in [0.1, 0.15) is 54.4 Å². The second kappa shape index (κ2) is 5.57. The number of nitrogens with zero attached hydrogens (tertiary/aromatic N) is 1. The van der Waals surface area contributed by atoms with Crippen LogP contribution in [0.3, 0.4) is 0 Å². The monoisotopic (exact) mass is 273 g/mol. The highest BCUT2D eigenvalue weighted by atomic mass is 16.3. The molecule has 0 radical (unpaired) electrons. The molecule has 1 aromatic carbocycles. The van der Waals surface area contributed by atoms with Gasteiger partial charge < -0.3 is 10.0 Å². The van der Waals surface area contributed by atoms with Crippen LogP contribution in [0, 0.1) is 0 Å². The SMILES string of the molecule is O=C1c2ccccc2CCN1CC1(O)CCCCCC1. The molecule has 3 nitrogen and oxygen atoms in total. The van der Waals surface area contributed by atoms with Gasteiger partial charge in [-0.1, -0.05) is 43.9 Å². The van der Waals surface area contributed by atoms with Gasteiger partial charge in [0.15, 0.2) is 0 Å². The molecule has 1 fully saturated rings. The summed E-state index contributed by atoms with van der Waals surface area (Å²) in [6.07, 6.45) is 7.14. The maximum absolute atomic E-state index is 12.5. The molecule has 1 aromatic rings. The van der Waals surface area contributed by atoms with Gasteiger partial charge in [-0.3, -0.25) is 4.79 Å². The molecule has 108 valence electrons. The first kappa shape index (κ1) is 13.6. The zero-order valence-electron chi connectivity index (χ0n) is 12.0. The fourth-order valence-electron chi connectivity index (χ4n) is 3.53. The second-order valence-corrected chi connectivity index (χ2v) is 6.27. The van der Waals surface area contributed by atoms with Crippen LogP contribution >= 0.6 is 0 Å². The van der Waals surface area contributed by atoms with Gasteiger partial charge in [-0.05, 0) is 30.9 Å². The van der Waals surface area contributed by atoms with Gasteiger partial charge in [-0.25, -0.2) is 0 Å². The van der Waals surface area contributed by atoms with E-state index in [1.807, 2.05) is 29.2 Å². The molecule has 3 rings (SSSR count). The van der Waals surface area contributed by atoms with Crippen molar-refractivity contribution < 1.29 is 9.90 Å². The Labute approximate surface area is 120 Å². The molecule has 1 aliphatic heterocycles. The van der Waals surface area contributed by atoms with Crippen molar-refractivity contribution in [2.24, 2.45) is 0 Å². The fourth-order valence-corrected chi connectivity index (χ4v) is 3.53. The predicted molar refractivity (Wildman–Crippen MR) is 78.7 cm³/mol. The normalized spacial score (nSPS) is 22.2. The summed E-state index contributed by atoms with van der Waals surface area (Å²) in [6, 6.07) is 7.84. The molecular formula is C17H23NO2. The highest BCUT2D eigenvalue weighted by Crippen LogP contribution is 2.29. The lowest BCUT2D eigenvalue weighted by atomic mass is 9.91. The Kier molecular flexibility index (Phi) is 3.79. The molecule has 1 aliphatic carbocycles. The average molecular weight is 273 g/mol. The number of rotatable bonds is 2. The topological polar surface area (TPSA) is 40.5 Å². The van der Waals surface area contributed by atoms with E-state index in [9.17, 15) is 9.90 Å². The van der Waals surface area contributed by atoms with Crippen LogP contribution in [-0.2, 0) is 6.42 Å². The second-order valence-electron chi connectivity index (χ2n) is 6.27. The fraction of sp³-hybridized carbons (Fsp3) is 0.588. The minimum absolute atomic E-state index is 0.0875. The van der Waals surface area contributed by atoms with E-state index in [1.165, 1.54) is 12.8 Å². The van der Waals surface area contributed by atoms with Crippen LogP contribution in [0.4, 0.5) is 0 Å². The molecule has 0 aromatic heterocycles. The maximum atomic E-state index is 12.5. The van der Waals surface area contributed by atoms with E-state index in [0.29, 0.717) is 6.54 Å². The molecule has 0 unspecified atom stereocenters. The van der Waals surface area contributed by atoms with Crippen molar-refractivity contribution in [3.8, 4) is 0 Å². The highest BCUT2D eigenvalue weighted by molar-refractivity contribution is 5.96. The number of carbonyl (C=O) groups is 1. The summed E-state index contributed by atoms with van der Waals surface area (Å²) in [5.74, 6) is 0.0875. The first-order chi connectivity index (χ1) is 9.68. The zero-order valence-corrected chi connectivity index (χ0v) is 12.0. The number of fused-ring (bicyclic) bond motifs is 1. The molecule has 1 saturated carbocycles. The maximum Gasteiger partial charge on any atom is 0.254 e. The predicted octanol–water partition coefficient (Wildman–Crippen LogP) is 2.77. The van der Waals surface area contributed by atoms with Gasteiger partial charge in [0.2, 0.25) is 0 Å². The number of β-amino-alcohol motifs (C(OH)–C–C–N with tert-alkyl or cyclic N) is 1. The lowest BCUT2D eigenvalue weighted by Gasteiger charge is -2.36. The summed E-state index contributed by atoms with van der Waals surface area (Å²) in [5.41, 5.74) is 1.29. The largest absolute Gasteiger partial charge is 0.388 e. The van der Waals surface area contributed by atoms with Gasteiger partial charge in [-0.2, -0.15) is 0 Å². The highest BCUT2D eigenvalue weighted by Gasteiger charge is 2.34. The Hall–Kier alpha value is -1.35. The van der Waals surface area contributed by atoms with Crippen molar-refractivity contribution in [1.82, 2.24) is 4.90 Å². The van der Waals surface area contributed by atoms with Gasteiger partial charge >= 0.3 is 0 Å². The van der Waals surface area contributed by atoms with E-state index in [1.54, 1.807) is 0 Å². The summed E-state index contributed by atoms with van der Waals surface area (Å²) in [6.45, 7) is 1.23. The van der Waals surface area contributed by atoms with Crippen LogP contribution in [0.15, 0.2) is 24.3 Å². The minimum atomic E-state index is -0.668. The third-order valence-electron chi connectivity index (χ3n) is 4.71. The minimum Gasteiger partial charge on any atom is -0.388 e. The van der Waals surface area contributed by atoms with Crippen molar-refractivity contribution in [2.75, 3.05) is 13.1 Å². The third-order valence-corrected chi connectivity index (χ3v) is 4.71. The van der Waals surface area contributed by atoms with Crippen molar-refractivity contribution in [3.05, 3.63) is 35.4 Å². The van der Waals surface area contributed by atoms with Crippen molar-refractivity contribution in [1.29, 1.82) is 0 Å². The molecule has 1 amide bonds. The summed E-state index contributed by atoms with van der Waals surface area (Å²) in [5, 5.41) is 10.8. The molecular weight excluding hydrogens is 250 g/mol. The van der Waals surface area contributed by atoms with Crippen molar-refractivity contribution in [2.45, 2.75) is 50.5 Å². The number of benzene rings is 1. The van der Waals surface area contributed by atoms with Crippen LogP contribution in [-0.4, -0.2) is 34.6 Å². The smallest absolute Gasteiger partial charge is 0.254 e. The van der Waals surface area contributed by atoms with E-state index in [0.717, 1.165) is 49.8 Å². The van der Waals surface area contributed by atoms with E-state index in [4.69, 9.17) is 0 Å². The number of hydrogen-bond donors (Lipinski definition) is 1. The summed E-state index contributed by atoms with van der Waals surface area (Å²) in [7, 11) is 0. The zero-order chi connectivity index (χ0) is 14.0. The number of amides is 1. The van der Waals surface area contributed by atoms with Crippen molar-refractivity contribution in [3.63, 3.8) is 0 Å². The van der Waals surface area contributed by atoms with Crippen LogP contribution in [0.25, 0.3) is 0 Å². The molecule has 2 aliphatic rings. The number of carbonyl (C=O) groups excluding carboxylic acids is 1. The first-order valence-corrected chi connectivity index (χ1v) is 7.78. The van der Waals surface area contributed by atoms with Gasteiger partial charge in [0.1, 0.15) is 0 Å². The van der Waals surface area contributed by atoms with Gasteiger partial charge in [0, 0.05) is 18.7 Å². The Balaban J connectivity index is 1.74. The van der Waals surface area contributed by atoms with Gasteiger partial charge in [0.25, 0.3) is 5.91 Å². The first-order valence-electron chi connectivity index (χ1n) is 7.78. The van der Waals surface area contributed by atoms with Crippen LogP contribution in [0.5, 0.6) is 0 Å². The van der Waals surface area contributed by atoms with Gasteiger partial charge in [0.05, 0.1) is 5.60 Å². The van der Waals surface area contributed by atoms with E-state index in [-0.39, 0.29) is 5.91 Å². The standard InChI is InChI=1S/C17H23NO2/c19-16-15-8-4-3-7-14(15)9-12-18(16)13-17(20)10-5-1-2-6-11-17/h3-4,7-8,20H,1-2,5-6,9-13H2. The molecule has 0 spiro atoms. The van der Waals surface area contributed by atoms with E-state index >= 15 is 0 Å². The van der Waals surface area contributed by atoms with Gasteiger partial charge in [-0.15, -0.1) is 0 Å². The number of aliphatic hydroxyl groups is 1. The Morgan fingerprint density at radius 3 is 2.55 bits per heavy atom. The molecule has 0 bridgehead atoms. The molecule has 1 heterocycles. The molecule has 0 atom stereocenters. The molecule has 1 N–H and O–H groups in total. The number of hydrogen-bond acceptors (Lipinski definition) is 2. The Bertz CT molecular complexity index is 490. The van der Waals surface area contributed by atoms with Crippen molar-refractivity contribution >= 4 is 5.91 Å². The average Bonchev–Trinajstić information content (AvgIpc) is 2.67. The lowest BCUT2D eigenvalue weighted by molar-refractivity contribution is -0.00735. The summed E-state index contributed by atoms with van der Waals surface area (Å²) >= 11 is 0. The molecule has 3 heteroatoms. The Morgan fingerprint density at radius 1 is 1.10 bits per heavy atom. The Morgan fingerprint density at radius 2 is 1.80 bits per heavy atom. The summed E-state index contributed by atoms with van der Waals surface area (Å²) < 4.78 is 0. The van der Waals surface area contributed by atoms with E-state index < -0.39 is 5.60 Å². The van der Waals surface area contributed by atoms with E-state index in [2.05, 4.69) is 0 Å². The van der Waals surface area contributed by atoms with Crippen LogP contribution < -0.4 is 0 Å². The summed E-state index contributed by atoms with van der Waals surface area (Å²) in [4.78, 5) is 14.4.